The lowest BCUT2D eigenvalue weighted by atomic mass is 10.1. The summed E-state index contributed by atoms with van der Waals surface area (Å²) in [5.41, 5.74) is 7.64. The largest absolute Gasteiger partial charge is 0.383 e. The van der Waals surface area contributed by atoms with Crippen molar-refractivity contribution < 1.29 is 4.79 Å². The number of carbonyl (C=O) groups excluding carboxylic acids is 1. The van der Waals surface area contributed by atoms with E-state index in [1.54, 1.807) is 30.2 Å². The van der Waals surface area contributed by atoms with Gasteiger partial charge in [0.1, 0.15) is 11.6 Å². The minimum absolute atomic E-state index is 0.148. The highest BCUT2D eigenvalue weighted by Gasteiger charge is 2.05. The smallest absolute Gasteiger partial charge is 0.222 e. The molecule has 6 heteroatoms. The summed E-state index contributed by atoms with van der Waals surface area (Å²) >= 11 is 1.55. The Hall–Kier alpha value is -2.08. The first-order valence-corrected chi connectivity index (χ1v) is 6.86. The number of pyridine rings is 2. The summed E-state index contributed by atoms with van der Waals surface area (Å²) in [6.07, 6.45) is 5.31. The Morgan fingerprint density at radius 1 is 1.32 bits per heavy atom. The van der Waals surface area contributed by atoms with Crippen LogP contribution in [0.25, 0.3) is 11.1 Å². The summed E-state index contributed by atoms with van der Waals surface area (Å²) in [6, 6.07) is 5.64. The lowest BCUT2D eigenvalue weighted by molar-refractivity contribution is -0.114. The molecule has 19 heavy (non-hydrogen) atoms. The van der Waals surface area contributed by atoms with Crippen molar-refractivity contribution in [2.24, 2.45) is 0 Å². The van der Waals surface area contributed by atoms with Crippen molar-refractivity contribution in [1.29, 1.82) is 0 Å². The van der Waals surface area contributed by atoms with Crippen LogP contribution in [0.1, 0.15) is 6.92 Å². The molecule has 2 aromatic heterocycles. The first kappa shape index (κ1) is 13.4. The zero-order valence-corrected chi connectivity index (χ0v) is 11.5. The minimum atomic E-state index is -0.148. The van der Waals surface area contributed by atoms with E-state index in [-0.39, 0.29) is 5.91 Å². The molecule has 0 unspecified atom stereocenters. The van der Waals surface area contributed by atoms with Gasteiger partial charge in [0.15, 0.2) is 0 Å². The number of anilines is 2. The highest BCUT2D eigenvalue weighted by Crippen LogP contribution is 2.28. The molecule has 2 rings (SSSR count). The van der Waals surface area contributed by atoms with Crippen LogP contribution in [-0.2, 0) is 4.79 Å². The molecule has 0 aromatic carbocycles. The fourth-order valence-corrected chi connectivity index (χ4v) is 2.14. The van der Waals surface area contributed by atoms with E-state index in [1.165, 1.54) is 6.92 Å². The molecule has 0 atom stereocenters. The third kappa shape index (κ3) is 3.23. The number of thioether (sulfide) groups is 1. The number of carbonyl (C=O) groups is 1. The van der Waals surface area contributed by atoms with Gasteiger partial charge < -0.3 is 11.1 Å². The Bertz CT molecular complexity index is 615. The average molecular weight is 274 g/mol. The van der Waals surface area contributed by atoms with Gasteiger partial charge in [-0.05, 0) is 30.0 Å². The Morgan fingerprint density at radius 2 is 2.11 bits per heavy atom. The maximum absolute atomic E-state index is 11.0. The maximum Gasteiger partial charge on any atom is 0.222 e. The van der Waals surface area contributed by atoms with Gasteiger partial charge in [-0.1, -0.05) is 0 Å². The van der Waals surface area contributed by atoms with Crippen LogP contribution in [0, 0.1) is 0 Å². The second kappa shape index (κ2) is 5.71. The molecule has 98 valence electrons. The number of rotatable bonds is 3. The van der Waals surface area contributed by atoms with Crippen LogP contribution < -0.4 is 11.1 Å². The quantitative estimate of drug-likeness (QED) is 0.840. The number of nitrogen functional groups attached to an aromatic ring is 1. The molecular weight excluding hydrogens is 260 g/mol. The van der Waals surface area contributed by atoms with E-state index in [0.717, 1.165) is 16.0 Å². The standard InChI is InChI=1S/C13H14N4OS/c1-8(18)17-12-6-9(3-4-15-12)10-5-11(19-2)13(14)16-7-10/h3-7H,1-2H3,(H2,14,16)(H,15,17,18). The Morgan fingerprint density at radius 3 is 2.79 bits per heavy atom. The summed E-state index contributed by atoms with van der Waals surface area (Å²) in [5.74, 6) is 0.893. The summed E-state index contributed by atoms with van der Waals surface area (Å²) in [4.78, 5) is 20.2. The van der Waals surface area contributed by atoms with Crippen LogP contribution in [0.5, 0.6) is 0 Å². The summed E-state index contributed by atoms with van der Waals surface area (Å²) in [5, 5.41) is 2.65. The summed E-state index contributed by atoms with van der Waals surface area (Å²) in [7, 11) is 0. The van der Waals surface area contributed by atoms with Crippen LogP contribution in [0.4, 0.5) is 11.6 Å². The molecular formula is C13H14N4OS. The predicted molar refractivity (Wildman–Crippen MR) is 78.0 cm³/mol. The number of nitrogens with zero attached hydrogens (tertiary/aromatic N) is 2. The van der Waals surface area contributed by atoms with Gasteiger partial charge in [0.05, 0.1) is 0 Å². The molecule has 0 radical (unpaired) electrons. The van der Waals surface area contributed by atoms with Crippen molar-refractivity contribution in [3.05, 3.63) is 30.6 Å². The van der Waals surface area contributed by atoms with Gasteiger partial charge in [-0.25, -0.2) is 9.97 Å². The number of amides is 1. The zero-order chi connectivity index (χ0) is 13.8. The molecule has 3 N–H and O–H groups in total. The first-order chi connectivity index (χ1) is 9.10. The Labute approximate surface area is 115 Å². The number of hydrogen-bond acceptors (Lipinski definition) is 5. The van der Waals surface area contributed by atoms with Crippen molar-refractivity contribution in [1.82, 2.24) is 9.97 Å². The van der Waals surface area contributed by atoms with E-state index in [4.69, 9.17) is 5.73 Å². The molecule has 0 aliphatic heterocycles. The monoisotopic (exact) mass is 274 g/mol. The van der Waals surface area contributed by atoms with Crippen LogP contribution in [-0.4, -0.2) is 22.1 Å². The van der Waals surface area contributed by atoms with E-state index >= 15 is 0 Å². The number of nitrogens with two attached hydrogens (primary N) is 1. The topological polar surface area (TPSA) is 80.9 Å². The normalized spacial score (nSPS) is 10.2. The maximum atomic E-state index is 11.0. The lowest BCUT2D eigenvalue weighted by Crippen LogP contribution is -2.07. The van der Waals surface area contributed by atoms with Crippen LogP contribution >= 0.6 is 11.8 Å². The average Bonchev–Trinajstić information content (AvgIpc) is 2.39. The molecule has 0 aliphatic carbocycles. The third-order valence-corrected chi connectivity index (χ3v) is 3.27. The second-order valence-electron chi connectivity index (χ2n) is 3.92. The molecule has 0 bridgehead atoms. The van der Waals surface area contributed by atoms with Crippen molar-refractivity contribution in [2.75, 3.05) is 17.3 Å². The zero-order valence-electron chi connectivity index (χ0n) is 10.7. The van der Waals surface area contributed by atoms with Crippen LogP contribution in [0.3, 0.4) is 0 Å². The van der Waals surface area contributed by atoms with E-state index in [9.17, 15) is 4.79 Å². The van der Waals surface area contributed by atoms with Gasteiger partial charge in [0, 0.05) is 29.8 Å². The highest BCUT2D eigenvalue weighted by molar-refractivity contribution is 7.98. The second-order valence-corrected chi connectivity index (χ2v) is 4.77. The molecule has 2 heterocycles. The predicted octanol–water partition coefficient (Wildman–Crippen LogP) is 2.41. The van der Waals surface area contributed by atoms with Crippen molar-refractivity contribution in [2.45, 2.75) is 11.8 Å². The van der Waals surface area contributed by atoms with E-state index in [2.05, 4.69) is 15.3 Å². The van der Waals surface area contributed by atoms with Gasteiger partial charge in [-0.2, -0.15) is 0 Å². The SMILES string of the molecule is CSc1cc(-c2ccnc(NC(C)=O)c2)cnc1N. The highest BCUT2D eigenvalue weighted by atomic mass is 32.2. The fraction of sp³-hybridized carbons (Fsp3) is 0.154. The fourth-order valence-electron chi connectivity index (χ4n) is 1.64. The summed E-state index contributed by atoms with van der Waals surface area (Å²) in [6.45, 7) is 1.45. The molecule has 0 spiro atoms. The summed E-state index contributed by atoms with van der Waals surface area (Å²) < 4.78 is 0. The Kier molecular flexibility index (Phi) is 4.01. The van der Waals surface area contributed by atoms with Crippen molar-refractivity contribution in [3.63, 3.8) is 0 Å². The van der Waals surface area contributed by atoms with Gasteiger partial charge in [-0.3, -0.25) is 4.79 Å². The first-order valence-electron chi connectivity index (χ1n) is 5.63. The van der Waals surface area contributed by atoms with E-state index in [1.807, 2.05) is 18.4 Å². The number of nitrogens with one attached hydrogen (secondary N) is 1. The molecule has 2 aromatic rings. The molecule has 0 saturated carbocycles. The molecule has 0 saturated heterocycles. The Balaban J connectivity index is 2.38. The van der Waals surface area contributed by atoms with Crippen molar-refractivity contribution >= 4 is 29.3 Å². The molecule has 1 amide bonds. The minimum Gasteiger partial charge on any atom is -0.383 e. The van der Waals surface area contributed by atoms with Crippen LogP contribution in [0.2, 0.25) is 0 Å². The van der Waals surface area contributed by atoms with Gasteiger partial charge in [0.2, 0.25) is 5.91 Å². The van der Waals surface area contributed by atoms with Gasteiger partial charge in [-0.15, -0.1) is 11.8 Å². The number of hydrogen-bond donors (Lipinski definition) is 2. The number of aromatic nitrogens is 2. The molecule has 0 fully saturated rings. The van der Waals surface area contributed by atoms with Gasteiger partial charge in [0.25, 0.3) is 0 Å². The van der Waals surface area contributed by atoms with E-state index in [0.29, 0.717) is 11.6 Å². The van der Waals surface area contributed by atoms with E-state index < -0.39 is 0 Å². The van der Waals surface area contributed by atoms with Gasteiger partial charge >= 0.3 is 0 Å². The lowest BCUT2D eigenvalue weighted by Gasteiger charge is -2.07. The van der Waals surface area contributed by atoms with Crippen molar-refractivity contribution in [3.8, 4) is 11.1 Å². The molecule has 5 nitrogen and oxygen atoms in total. The third-order valence-electron chi connectivity index (χ3n) is 2.50. The molecule has 0 aliphatic rings. The van der Waals surface area contributed by atoms with Crippen LogP contribution in [0.15, 0.2) is 35.5 Å².